The van der Waals surface area contributed by atoms with Crippen LogP contribution in [0.2, 0.25) is 18.1 Å². The lowest BCUT2D eigenvalue weighted by molar-refractivity contribution is 0.409. The molecule has 1 heterocycles. The lowest BCUT2D eigenvalue weighted by atomic mass is 10.3. The fraction of sp³-hybridized carbons (Fsp3) is 0.444. The molecule has 0 atom stereocenters. The van der Waals surface area contributed by atoms with Crippen LogP contribution in [-0.4, -0.2) is 25.2 Å². The molecule has 0 bridgehead atoms. The minimum absolute atomic E-state index is 0.183. The zero-order chi connectivity index (χ0) is 17.6. The minimum atomic E-state index is -1.52. The first-order valence-electron chi connectivity index (χ1n) is 8.39. The molecular formula is C18H25FN2O2Si. The Balaban J connectivity index is 2.21. The third-order valence-corrected chi connectivity index (χ3v) is 10.4. The van der Waals surface area contributed by atoms with Crippen molar-refractivity contribution in [2.45, 2.75) is 44.9 Å². The molecule has 1 aromatic carbocycles. The van der Waals surface area contributed by atoms with Crippen molar-refractivity contribution in [3.05, 3.63) is 42.0 Å². The number of aromatic nitrogens is 2. The SMILES string of the molecule is CC[Si](CC)(CC)Cc1nc(Oc2ccc(OC)cc2)ncc1F. The molecule has 0 fully saturated rings. The van der Waals surface area contributed by atoms with Gasteiger partial charge in [0, 0.05) is 0 Å². The number of rotatable bonds is 8. The van der Waals surface area contributed by atoms with Gasteiger partial charge in [-0.1, -0.05) is 38.9 Å². The smallest absolute Gasteiger partial charge is 0.322 e. The summed E-state index contributed by atoms with van der Waals surface area (Å²) < 4.78 is 24.9. The van der Waals surface area contributed by atoms with Gasteiger partial charge in [0.25, 0.3) is 0 Å². The van der Waals surface area contributed by atoms with Crippen molar-refractivity contribution in [2.75, 3.05) is 7.11 Å². The van der Waals surface area contributed by atoms with E-state index in [-0.39, 0.29) is 11.8 Å². The average molecular weight is 348 g/mol. The zero-order valence-corrected chi connectivity index (χ0v) is 15.8. The molecule has 0 unspecified atom stereocenters. The summed E-state index contributed by atoms with van der Waals surface area (Å²) in [5.74, 6) is 0.996. The number of methoxy groups -OCH3 is 1. The Labute approximate surface area is 144 Å². The Morgan fingerprint density at radius 1 is 1.00 bits per heavy atom. The van der Waals surface area contributed by atoms with E-state index in [1.165, 1.54) is 6.20 Å². The molecule has 4 nitrogen and oxygen atoms in total. The average Bonchev–Trinajstić information content (AvgIpc) is 2.63. The Morgan fingerprint density at radius 3 is 2.12 bits per heavy atom. The molecular weight excluding hydrogens is 323 g/mol. The van der Waals surface area contributed by atoms with Crippen LogP contribution in [0.4, 0.5) is 4.39 Å². The van der Waals surface area contributed by atoms with Crippen molar-refractivity contribution >= 4 is 8.07 Å². The second kappa shape index (κ2) is 8.24. The highest BCUT2D eigenvalue weighted by Crippen LogP contribution is 2.27. The van der Waals surface area contributed by atoms with Gasteiger partial charge in [-0.25, -0.2) is 9.37 Å². The molecule has 0 radical (unpaired) electrons. The molecule has 0 spiro atoms. The van der Waals surface area contributed by atoms with Crippen LogP contribution in [0.1, 0.15) is 26.5 Å². The van der Waals surface area contributed by atoms with Crippen LogP contribution in [0.5, 0.6) is 17.5 Å². The van der Waals surface area contributed by atoms with Gasteiger partial charge >= 0.3 is 6.01 Å². The lowest BCUT2D eigenvalue weighted by Gasteiger charge is -2.27. The summed E-state index contributed by atoms with van der Waals surface area (Å²) in [7, 11) is 0.0884. The summed E-state index contributed by atoms with van der Waals surface area (Å²) in [5.41, 5.74) is 0.478. The Kier molecular flexibility index (Phi) is 6.31. The molecule has 0 aliphatic heterocycles. The first kappa shape index (κ1) is 18.4. The highest BCUT2D eigenvalue weighted by atomic mass is 28.3. The number of nitrogens with zero attached hydrogens (tertiary/aromatic N) is 2. The van der Waals surface area contributed by atoms with Gasteiger partial charge < -0.3 is 9.47 Å². The number of hydrogen-bond acceptors (Lipinski definition) is 4. The second-order valence-corrected chi connectivity index (χ2v) is 11.4. The highest BCUT2D eigenvalue weighted by Gasteiger charge is 2.29. The van der Waals surface area contributed by atoms with Crippen LogP contribution in [0.3, 0.4) is 0 Å². The van der Waals surface area contributed by atoms with Gasteiger partial charge in [-0.2, -0.15) is 4.98 Å². The van der Waals surface area contributed by atoms with Crippen LogP contribution in [0.15, 0.2) is 30.5 Å². The molecule has 2 rings (SSSR count). The predicted molar refractivity (Wildman–Crippen MR) is 96.0 cm³/mol. The van der Waals surface area contributed by atoms with Crippen molar-refractivity contribution < 1.29 is 13.9 Å². The molecule has 0 saturated carbocycles. The van der Waals surface area contributed by atoms with E-state index in [2.05, 4.69) is 30.7 Å². The summed E-state index contributed by atoms with van der Waals surface area (Å²) in [4.78, 5) is 8.29. The van der Waals surface area contributed by atoms with Crippen LogP contribution in [0, 0.1) is 5.82 Å². The topological polar surface area (TPSA) is 44.2 Å². The molecule has 130 valence electrons. The first-order chi connectivity index (χ1) is 11.6. The van der Waals surface area contributed by atoms with E-state index in [4.69, 9.17) is 9.47 Å². The van der Waals surface area contributed by atoms with E-state index in [9.17, 15) is 4.39 Å². The monoisotopic (exact) mass is 348 g/mol. The maximum atomic E-state index is 14.2. The van der Waals surface area contributed by atoms with Gasteiger partial charge in [-0.15, -0.1) is 0 Å². The van der Waals surface area contributed by atoms with Gasteiger partial charge in [0.1, 0.15) is 11.5 Å². The molecule has 0 saturated heterocycles. The Morgan fingerprint density at radius 2 is 1.58 bits per heavy atom. The summed E-state index contributed by atoms with van der Waals surface area (Å²) >= 11 is 0. The lowest BCUT2D eigenvalue weighted by Crippen LogP contribution is -2.35. The maximum Gasteiger partial charge on any atom is 0.322 e. The van der Waals surface area contributed by atoms with Gasteiger partial charge in [0.05, 0.1) is 27.1 Å². The van der Waals surface area contributed by atoms with Gasteiger partial charge in [0.2, 0.25) is 0 Å². The first-order valence-corrected chi connectivity index (χ1v) is 11.2. The fourth-order valence-electron chi connectivity index (χ4n) is 2.79. The largest absolute Gasteiger partial charge is 0.497 e. The third-order valence-electron chi connectivity index (χ3n) is 4.86. The van der Waals surface area contributed by atoms with Crippen molar-refractivity contribution in [1.29, 1.82) is 0 Å². The molecule has 0 aliphatic carbocycles. The minimum Gasteiger partial charge on any atom is -0.497 e. The molecule has 0 N–H and O–H groups in total. The number of halogens is 1. The summed E-state index contributed by atoms with van der Waals surface area (Å²) in [6, 6.07) is 11.4. The summed E-state index contributed by atoms with van der Waals surface area (Å²) in [5, 5.41) is 0. The number of hydrogen-bond donors (Lipinski definition) is 0. The fourth-order valence-corrected chi connectivity index (χ4v) is 5.99. The van der Waals surface area contributed by atoms with E-state index in [1.54, 1.807) is 31.4 Å². The standard InChI is InChI=1S/C18H25FN2O2Si/c1-5-24(6-2,7-3)13-17-16(19)12-20-18(21-17)23-15-10-8-14(22-4)9-11-15/h8-12H,5-7,13H2,1-4H3. The molecule has 6 heteroatoms. The van der Waals surface area contributed by atoms with Crippen LogP contribution in [-0.2, 0) is 6.04 Å². The molecule has 0 aliphatic rings. The van der Waals surface area contributed by atoms with Gasteiger partial charge in [-0.05, 0) is 30.3 Å². The second-order valence-electron chi connectivity index (χ2n) is 5.96. The van der Waals surface area contributed by atoms with Crippen molar-refractivity contribution in [3.63, 3.8) is 0 Å². The Hall–Kier alpha value is -1.95. The van der Waals surface area contributed by atoms with Gasteiger partial charge in [-0.3, -0.25) is 0 Å². The molecule has 0 amide bonds. The highest BCUT2D eigenvalue weighted by molar-refractivity contribution is 6.79. The van der Waals surface area contributed by atoms with E-state index in [0.717, 1.165) is 29.9 Å². The third kappa shape index (κ3) is 4.32. The summed E-state index contributed by atoms with van der Waals surface area (Å²) in [6.07, 6.45) is 1.21. The van der Waals surface area contributed by atoms with Crippen molar-refractivity contribution in [2.24, 2.45) is 0 Å². The predicted octanol–water partition coefficient (Wildman–Crippen LogP) is 5.01. The van der Waals surface area contributed by atoms with E-state index < -0.39 is 8.07 Å². The van der Waals surface area contributed by atoms with Crippen molar-refractivity contribution in [1.82, 2.24) is 9.97 Å². The van der Waals surface area contributed by atoms with Crippen LogP contribution in [0.25, 0.3) is 0 Å². The summed E-state index contributed by atoms with van der Waals surface area (Å²) in [6.45, 7) is 6.60. The quantitative estimate of drug-likeness (QED) is 0.629. The van der Waals surface area contributed by atoms with E-state index in [0.29, 0.717) is 11.4 Å². The van der Waals surface area contributed by atoms with E-state index in [1.807, 2.05) is 0 Å². The molecule has 2 aromatic rings. The van der Waals surface area contributed by atoms with Gasteiger partial charge in [0.15, 0.2) is 5.82 Å². The van der Waals surface area contributed by atoms with Crippen LogP contribution >= 0.6 is 0 Å². The Bertz CT molecular complexity index is 652. The molecule has 24 heavy (non-hydrogen) atoms. The maximum absolute atomic E-state index is 14.2. The zero-order valence-electron chi connectivity index (χ0n) is 14.8. The van der Waals surface area contributed by atoms with E-state index >= 15 is 0 Å². The normalized spacial score (nSPS) is 11.4. The number of ether oxygens (including phenoxy) is 2. The van der Waals surface area contributed by atoms with Crippen LogP contribution < -0.4 is 9.47 Å². The number of benzene rings is 1. The van der Waals surface area contributed by atoms with Crippen molar-refractivity contribution in [3.8, 4) is 17.5 Å². The molecule has 1 aromatic heterocycles.